The molecule has 4 N–H and O–H groups in total. The number of anilines is 2. The number of hydrogen-bond acceptors (Lipinski definition) is 3. The van der Waals surface area contributed by atoms with Crippen molar-refractivity contribution in [2.75, 3.05) is 17.7 Å². The Balaban J connectivity index is 3.05. The molecule has 0 aliphatic heterocycles. The van der Waals surface area contributed by atoms with E-state index in [9.17, 15) is 8.78 Å². The Kier molecular flexibility index (Phi) is 3.14. The summed E-state index contributed by atoms with van der Waals surface area (Å²) in [5, 5.41) is 11.5. The van der Waals surface area contributed by atoms with E-state index in [1.165, 1.54) is 0 Å². The van der Waals surface area contributed by atoms with Crippen molar-refractivity contribution in [1.82, 2.24) is 0 Å². The van der Waals surface area contributed by atoms with E-state index in [0.717, 1.165) is 12.1 Å². The SMILES string of the molecule is CC(C)(CO)Nc1c(F)cc(N)cc1F. The average molecular weight is 216 g/mol. The van der Waals surface area contributed by atoms with Crippen molar-refractivity contribution in [3.8, 4) is 0 Å². The van der Waals surface area contributed by atoms with Crippen LogP contribution in [0.1, 0.15) is 13.8 Å². The van der Waals surface area contributed by atoms with E-state index in [0.29, 0.717) is 0 Å². The second kappa shape index (κ2) is 4.02. The monoisotopic (exact) mass is 216 g/mol. The molecule has 0 saturated heterocycles. The first kappa shape index (κ1) is 11.7. The summed E-state index contributed by atoms with van der Waals surface area (Å²) in [6.07, 6.45) is 0. The number of aliphatic hydroxyl groups excluding tert-OH is 1. The molecule has 1 aromatic carbocycles. The zero-order valence-electron chi connectivity index (χ0n) is 8.64. The van der Waals surface area contributed by atoms with Gasteiger partial charge in [-0.2, -0.15) is 0 Å². The Morgan fingerprint density at radius 2 is 1.80 bits per heavy atom. The second-order valence-corrected chi connectivity index (χ2v) is 4.03. The van der Waals surface area contributed by atoms with Crippen LogP contribution in [0.4, 0.5) is 20.2 Å². The van der Waals surface area contributed by atoms with Gasteiger partial charge in [-0.1, -0.05) is 0 Å². The first-order valence-corrected chi connectivity index (χ1v) is 4.49. The summed E-state index contributed by atoms with van der Waals surface area (Å²) in [6, 6.07) is 2.05. The minimum Gasteiger partial charge on any atom is -0.399 e. The van der Waals surface area contributed by atoms with E-state index in [1.807, 2.05) is 0 Å². The fraction of sp³-hybridized carbons (Fsp3) is 0.400. The molecule has 0 atom stereocenters. The van der Waals surface area contributed by atoms with E-state index in [4.69, 9.17) is 10.8 Å². The molecule has 0 radical (unpaired) electrons. The number of benzene rings is 1. The molecule has 0 unspecified atom stereocenters. The molecule has 84 valence electrons. The van der Waals surface area contributed by atoms with E-state index in [-0.39, 0.29) is 18.0 Å². The molecule has 3 nitrogen and oxygen atoms in total. The molecule has 0 aliphatic rings. The Labute approximate surface area is 86.9 Å². The van der Waals surface area contributed by atoms with E-state index in [1.54, 1.807) is 13.8 Å². The topological polar surface area (TPSA) is 58.3 Å². The number of halogens is 2. The van der Waals surface area contributed by atoms with Crippen LogP contribution >= 0.6 is 0 Å². The maximum absolute atomic E-state index is 13.3. The van der Waals surface area contributed by atoms with Crippen molar-refractivity contribution in [1.29, 1.82) is 0 Å². The summed E-state index contributed by atoms with van der Waals surface area (Å²) >= 11 is 0. The molecule has 0 amide bonds. The van der Waals surface area contributed by atoms with Crippen molar-refractivity contribution in [2.45, 2.75) is 19.4 Å². The highest BCUT2D eigenvalue weighted by Crippen LogP contribution is 2.24. The molecule has 0 saturated carbocycles. The van der Waals surface area contributed by atoms with Crippen LogP contribution in [0, 0.1) is 11.6 Å². The summed E-state index contributed by atoms with van der Waals surface area (Å²) in [6.45, 7) is 3.01. The molecule has 0 heterocycles. The number of nitrogen functional groups attached to an aromatic ring is 1. The minimum atomic E-state index is -0.794. The Morgan fingerprint density at radius 1 is 1.33 bits per heavy atom. The number of nitrogens with two attached hydrogens (primary N) is 1. The third kappa shape index (κ3) is 2.79. The van der Waals surface area contributed by atoms with E-state index >= 15 is 0 Å². The summed E-state index contributed by atoms with van der Waals surface area (Å²) in [5.74, 6) is -1.54. The van der Waals surface area contributed by atoms with Gasteiger partial charge in [0.25, 0.3) is 0 Å². The van der Waals surface area contributed by atoms with Gasteiger partial charge in [-0.15, -0.1) is 0 Å². The predicted octanol–water partition coefficient (Wildman–Crippen LogP) is 1.73. The fourth-order valence-electron chi connectivity index (χ4n) is 1.09. The van der Waals surface area contributed by atoms with Crippen molar-refractivity contribution >= 4 is 11.4 Å². The van der Waals surface area contributed by atoms with Gasteiger partial charge < -0.3 is 16.2 Å². The van der Waals surface area contributed by atoms with Crippen LogP contribution in [0.25, 0.3) is 0 Å². The summed E-state index contributed by atoms with van der Waals surface area (Å²) < 4.78 is 26.6. The van der Waals surface area contributed by atoms with E-state index < -0.39 is 17.2 Å². The van der Waals surface area contributed by atoms with Gasteiger partial charge in [-0.05, 0) is 26.0 Å². The third-order valence-electron chi connectivity index (χ3n) is 1.92. The molecular formula is C10H14F2N2O. The Hall–Kier alpha value is -1.36. The standard InChI is InChI=1S/C10H14F2N2O/c1-10(2,5-15)14-9-7(11)3-6(13)4-8(9)12/h3-4,14-15H,5,13H2,1-2H3. The second-order valence-electron chi connectivity index (χ2n) is 4.03. The molecule has 5 heteroatoms. The summed E-state index contributed by atoms with van der Waals surface area (Å²) in [7, 11) is 0. The highest BCUT2D eigenvalue weighted by molar-refractivity contribution is 5.55. The minimum absolute atomic E-state index is 0.0253. The number of rotatable bonds is 3. The molecule has 0 aliphatic carbocycles. The number of hydrogen-bond donors (Lipinski definition) is 3. The third-order valence-corrected chi connectivity index (χ3v) is 1.92. The quantitative estimate of drug-likeness (QED) is 0.674. The van der Waals surface area contributed by atoms with Crippen LogP contribution in [0.2, 0.25) is 0 Å². The maximum atomic E-state index is 13.3. The lowest BCUT2D eigenvalue weighted by Gasteiger charge is -2.25. The van der Waals surface area contributed by atoms with Gasteiger partial charge in [0.1, 0.15) is 5.69 Å². The molecular weight excluding hydrogens is 202 g/mol. The van der Waals surface area contributed by atoms with Gasteiger partial charge in [0.15, 0.2) is 11.6 Å². The first-order chi connectivity index (χ1) is 6.85. The molecule has 1 aromatic rings. The highest BCUT2D eigenvalue weighted by atomic mass is 19.1. The zero-order valence-corrected chi connectivity index (χ0v) is 8.64. The number of aliphatic hydroxyl groups is 1. The molecule has 0 aromatic heterocycles. The first-order valence-electron chi connectivity index (χ1n) is 4.49. The largest absolute Gasteiger partial charge is 0.399 e. The number of nitrogens with one attached hydrogen (secondary N) is 1. The van der Waals surface area contributed by atoms with Crippen molar-refractivity contribution < 1.29 is 13.9 Å². The predicted molar refractivity (Wildman–Crippen MR) is 55.6 cm³/mol. The van der Waals surface area contributed by atoms with Crippen molar-refractivity contribution in [3.05, 3.63) is 23.8 Å². The average Bonchev–Trinajstić information content (AvgIpc) is 2.11. The van der Waals surface area contributed by atoms with Crippen LogP contribution in [0.15, 0.2) is 12.1 Å². The van der Waals surface area contributed by atoms with Gasteiger partial charge in [-0.3, -0.25) is 0 Å². The van der Waals surface area contributed by atoms with Gasteiger partial charge >= 0.3 is 0 Å². The lowest BCUT2D eigenvalue weighted by Crippen LogP contribution is -2.35. The molecule has 1 rings (SSSR count). The molecule has 0 spiro atoms. The van der Waals surface area contributed by atoms with Gasteiger partial charge in [0.05, 0.1) is 12.1 Å². The van der Waals surface area contributed by atoms with Gasteiger partial charge in [-0.25, -0.2) is 8.78 Å². The maximum Gasteiger partial charge on any atom is 0.151 e. The lowest BCUT2D eigenvalue weighted by molar-refractivity contribution is 0.233. The Morgan fingerprint density at radius 3 is 2.20 bits per heavy atom. The summed E-state index contributed by atoms with van der Waals surface area (Å²) in [5.41, 5.74) is 4.22. The zero-order chi connectivity index (χ0) is 11.6. The summed E-state index contributed by atoms with van der Waals surface area (Å²) in [4.78, 5) is 0. The van der Waals surface area contributed by atoms with Crippen LogP contribution in [-0.2, 0) is 0 Å². The van der Waals surface area contributed by atoms with Crippen LogP contribution in [-0.4, -0.2) is 17.3 Å². The highest BCUT2D eigenvalue weighted by Gasteiger charge is 2.20. The van der Waals surface area contributed by atoms with E-state index in [2.05, 4.69) is 5.32 Å². The molecule has 0 fully saturated rings. The fourth-order valence-corrected chi connectivity index (χ4v) is 1.09. The van der Waals surface area contributed by atoms with Crippen LogP contribution in [0.5, 0.6) is 0 Å². The van der Waals surface area contributed by atoms with Crippen molar-refractivity contribution in [3.63, 3.8) is 0 Å². The molecule has 0 bridgehead atoms. The van der Waals surface area contributed by atoms with Gasteiger partial charge in [0.2, 0.25) is 0 Å². The Bertz CT molecular complexity index is 343. The van der Waals surface area contributed by atoms with Gasteiger partial charge in [0, 0.05) is 5.69 Å². The normalized spacial score (nSPS) is 11.5. The lowest BCUT2D eigenvalue weighted by atomic mass is 10.1. The molecule has 15 heavy (non-hydrogen) atoms. The van der Waals surface area contributed by atoms with Crippen LogP contribution in [0.3, 0.4) is 0 Å². The van der Waals surface area contributed by atoms with Crippen molar-refractivity contribution in [2.24, 2.45) is 0 Å². The smallest absolute Gasteiger partial charge is 0.151 e. The van der Waals surface area contributed by atoms with Crippen LogP contribution < -0.4 is 11.1 Å².